The van der Waals surface area contributed by atoms with E-state index in [1.807, 2.05) is 0 Å². The monoisotopic (exact) mass is 518 g/mol. The zero-order valence-corrected chi connectivity index (χ0v) is 21.3. The maximum Gasteiger partial charge on any atom is 0.193 e. The molecule has 7 nitrogen and oxygen atoms in total. The molecule has 2 aromatic carbocycles. The highest BCUT2D eigenvalue weighted by Gasteiger charge is 2.21. The fourth-order valence-electron chi connectivity index (χ4n) is 4.26. The van der Waals surface area contributed by atoms with Crippen molar-refractivity contribution >= 4 is 11.9 Å². The molecule has 0 bridgehead atoms. The Morgan fingerprint density at radius 2 is 1.86 bits per heavy atom. The molecule has 2 N–H and O–H groups in total. The van der Waals surface area contributed by atoms with Gasteiger partial charge in [0.05, 0.1) is 25.5 Å². The predicted octanol–water partition coefficient (Wildman–Crippen LogP) is 4.82. The lowest BCUT2D eigenvalue weighted by Gasteiger charge is -2.28. The third kappa shape index (κ3) is 6.68. The summed E-state index contributed by atoms with van der Waals surface area (Å²) < 4.78 is 60.1. The SMILES string of the molecule is CCc1cc(OC)c(F)c(COC2=CNC(Nc3ccc(OCC4CCN(C)CC4)c(F)c3)N=C2)c1F. The number of aliphatic imine (C=N–C) groups is 1. The van der Waals surface area contributed by atoms with Crippen LogP contribution in [-0.2, 0) is 17.8 Å². The molecule has 0 amide bonds. The van der Waals surface area contributed by atoms with Crippen LogP contribution in [0.25, 0.3) is 0 Å². The molecular formula is C27H33F3N4O3. The predicted molar refractivity (Wildman–Crippen MR) is 136 cm³/mol. The van der Waals surface area contributed by atoms with Crippen LogP contribution in [0.15, 0.2) is 41.2 Å². The van der Waals surface area contributed by atoms with Gasteiger partial charge >= 0.3 is 0 Å². The van der Waals surface area contributed by atoms with Crippen LogP contribution in [-0.4, -0.2) is 51.3 Å². The van der Waals surface area contributed by atoms with Crippen LogP contribution >= 0.6 is 0 Å². The molecule has 10 heteroatoms. The van der Waals surface area contributed by atoms with Gasteiger partial charge in [0.25, 0.3) is 0 Å². The van der Waals surface area contributed by atoms with Crippen LogP contribution in [0.3, 0.4) is 0 Å². The molecule has 200 valence electrons. The van der Waals surface area contributed by atoms with Crippen molar-refractivity contribution < 1.29 is 27.4 Å². The van der Waals surface area contributed by atoms with E-state index in [0.717, 1.165) is 25.9 Å². The number of benzene rings is 2. The van der Waals surface area contributed by atoms with Gasteiger partial charge in [-0.3, -0.25) is 0 Å². The Kier molecular flexibility index (Phi) is 8.81. The van der Waals surface area contributed by atoms with Gasteiger partial charge < -0.3 is 29.7 Å². The van der Waals surface area contributed by atoms with Crippen molar-refractivity contribution in [3.63, 3.8) is 0 Å². The number of hydrogen-bond acceptors (Lipinski definition) is 7. The second-order valence-electron chi connectivity index (χ2n) is 9.23. The van der Waals surface area contributed by atoms with Crippen molar-refractivity contribution in [1.82, 2.24) is 10.2 Å². The molecule has 2 aliphatic heterocycles. The summed E-state index contributed by atoms with van der Waals surface area (Å²) in [5.74, 6) is -0.976. The third-order valence-electron chi connectivity index (χ3n) is 6.60. The number of allylic oxidation sites excluding steroid dienone is 1. The Bertz CT molecular complexity index is 1120. The molecule has 1 saturated heterocycles. The van der Waals surface area contributed by atoms with Gasteiger partial charge in [-0.25, -0.2) is 18.2 Å². The van der Waals surface area contributed by atoms with E-state index in [9.17, 15) is 13.2 Å². The maximum absolute atomic E-state index is 14.6. The first-order chi connectivity index (χ1) is 17.9. The summed E-state index contributed by atoms with van der Waals surface area (Å²) in [7, 11) is 3.43. The lowest BCUT2D eigenvalue weighted by Crippen LogP contribution is -2.34. The van der Waals surface area contributed by atoms with Crippen molar-refractivity contribution in [2.45, 2.75) is 39.1 Å². The fraction of sp³-hybridized carbons (Fsp3) is 0.444. The van der Waals surface area contributed by atoms with E-state index in [-0.39, 0.29) is 23.7 Å². The smallest absolute Gasteiger partial charge is 0.193 e. The number of anilines is 1. The van der Waals surface area contributed by atoms with Crippen LogP contribution < -0.4 is 20.1 Å². The molecule has 2 aromatic rings. The van der Waals surface area contributed by atoms with Crippen molar-refractivity contribution in [3.05, 3.63) is 64.8 Å². The summed E-state index contributed by atoms with van der Waals surface area (Å²) >= 11 is 0. The molecule has 0 aromatic heterocycles. The van der Waals surface area contributed by atoms with Gasteiger partial charge in [-0.2, -0.15) is 0 Å². The Balaban J connectivity index is 1.28. The molecule has 4 rings (SSSR count). The van der Waals surface area contributed by atoms with Crippen LogP contribution in [0.2, 0.25) is 0 Å². The minimum atomic E-state index is -0.793. The molecule has 1 unspecified atom stereocenters. The number of ether oxygens (including phenoxy) is 3. The quantitative estimate of drug-likeness (QED) is 0.470. The van der Waals surface area contributed by atoms with Crippen molar-refractivity contribution in [2.75, 3.05) is 39.2 Å². The van der Waals surface area contributed by atoms with E-state index in [1.165, 1.54) is 31.7 Å². The van der Waals surface area contributed by atoms with E-state index < -0.39 is 23.7 Å². The van der Waals surface area contributed by atoms with Gasteiger partial charge in [0, 0.05) is 18.0 Å². The number of nitrogens with one attached hydrogen (secondary N) is 2. The Hall–Kier alpha value is -3.40. The first kappa shape index (κ1) is 26.7. The summed E-state index contributed by atoms with van der Waals surface area (Å²) in [5.41, 5.74) is 0.652. The fourth-order valence-corrected chi connectivity index (χ4v) is 4.26. The van der Waals surface area contributed by atoms with Gasteiger partial charge in [-0.15, -0.1) is 0 Å². The molecule has 0 radical (unpaired) electrons. The number of aryl methyl sites for hydroxylation is 1. The zero-order chi connectivity index (χ0) is 26.4. The van der Waals surface area contributed by atoms with Crippen LogP contribution in [0, 0.1) is 23.4 Å². The molecule has 1 atom stereocenters. The molecule has 1 fully saturated rings. The van der Waals surface area contributed by atoms with Crippen molar-refractivity contribution in [3.8, 4) is 11.5 Å². The highest BCUT2D eigenvalue weighted by molar-refractivity contribution is 5.77. The topological polar surface area (TPSA) is 67.3 Å². The second kappa shape index (κ2) is 12.2. The first-order valence-electron chi connectivity index (χ1n) is 12.4. The number of halogens is 3. The highest BCUT2D eigenvalue weighted by Crippen LogP contribution is 2.28. The maximum atomic E-state index is 14.6. The highest BCUT2D eigenvalue weighted by atomic mass is 19.1. The number of rotatable bonds is 10. The lowest BCUT2D eigenvalue weighted by atomic mass is 9.98. The zero-order valence-electron chi connectivity index (χ0n) is 21.3. The van der Waals surface area contributed by atoms with Gasteiger partial charge in [0.15, 0.2) is 35.2 Å². The lowest BCUT2D eigenvalue weighted by molar-refractivity contribution is 0.157. The summed E-state index contributed by atoms with van der Waals surface area (Å²) in [6.45, 7) is 4.01. The molecule has 0 saturated carbocycles. The molecule has 0 aliphatic carbocycles. The van der Waals surface area contributed by atoms with Crippen LogP contribution in [0.5, 0.6) is 11.5 Å². The van der Waals surface area contributed by atoms with Gasteiger partial charge in [0.1, 0.15) is 12.4 Å². The average Bonchev–Trinajstić information content (AvgIpc) is 2.90. The number of nitrogens with zero attached hydrogens (tertiary/aromatic N) is 2. The standard InChI is InChI=1S/C27H33F3N4O3/c1-4-18-11-24(35-3)26(30)21(25(18)29)16-36-20-13-31-27(32-14-20)33-19-5-6-23(22(28)12-19)37-15-17-7-9-34(2)10-8-17/h5-6,11-14,17,27,31,33H,4,7-10,15-16H2,1-3H3. The molecule has 0 spiro atoms. The van der Waals surface area contributed by atoms with Gasteiger partial charge in [-0.05, 0) is 69.1 Å². The van der Waals surface area contributed by atoms with Crippen LogP contribution in [0.4, 0.5) is 18.9 Å². The number of hydrogen-bond donors (Lipinski definition) is 2. The number of likely N-dealkylation sites (tertiary alicyclic amines) is 1. The Labute approximate surface area is 215 Å². The van der Waals surface area contributed by atoms with E-state index in [4.69, 9.17) is 14.2 Å². The van der Waals surface area contributed by atoms with E-state index >= 15 is 0 Å². The Morgan fingerprint density at radius 3 is 2.51 bits per heavy atom. The van der Waals surface area contributed by atoms with E-state index in [2.05, 4.69) is 27.6 Å². The first-order valence-corrected chi connectivity index (χ1v) is 12.4. The summed E-state index contributed by atoms with van der Waals surface area (Å²) in [4.78, 5) is 6.56. The molecule has 2 aliphatic rings. The van der Waals surface area contributed by atoms with Gasteiger partial charge in [-0.1, -0.05) is 6.92 Å². The normalized spacial score (nSPS) is 18.2. The summed E-state index contributed by atoms with van der Waals surface area (Å²) in [6, 6.07) is 6.03. The number of methoxy groups -OCH3 is 1. The minimum Gasteiger partial charge on any atom is -0.494 e. The van der Waals surface area contributed by atoms with Crippen molar-refractivity contribution in [2.24, 2.45) is 10.9 Å². The molecule has 37 heavy (non-hydrogen) atoms. The van der Waals surface area contributed by atoms with Crippen LogP contribution in [0.1, 0.15) is 30.9 Å². The van der Waals surface area contributed by atoms with E-state index in [1.54, 1.807) is 19.1 Å². The van der Waals surface area contributed by atoms with Crippen molar-refractivity contribution in [1.29, 1.82) is 0 Å². The molecular weight excluding hydrogens is 485 g/mol. The largest absolute Gasteiger partial charge is 0.494 e. The average molecular weight is 519 g/mol. The summed E-state index contributed by atoms with van der Waals surface area (Å²) in [5, 5.41) is 6.02. The van der Waals surface area contributed by atoms with E-state index in [0.29, 0.717) is 36.0 Å². The Morgan fingerprint density at radius 1 is 1.08 bits per heavy atom. The van der Waals surface area contributed by atoms with Gasteiger partial charge in [0.2, 0.25) is 0 Å². The second-order valence-corrected chi connectivity index (χ2v) is 9.23. The minimum absolute atomic E-state index is 0.0315. The molecule has 2 heterocycles. The number of piperidine rings is 1. The summed E-state index contributed by atoms with van der Waals surface area (Å²) in [6.07, 6.45) is 4.86. The third-order valence-corrected chi connectivity index (χ3v) is 6.60.